The molecule has 1 aliphatic heterocycles. The average Bonchev–Trinajstić information content (AvgIpc) is 2.83. The maximum absolute atomic E-state index is 13.1. The first-order valence-corrected chi connectivity index (χ1v) is 7.31. The van der Waals surface area contributed by atoms with Gasteiger partial charge in [0.15, 0.2) is 0 Å². The summed E-state index contributed by atoms with van der Waals surface area (Å²) in [6, 6.07) is 4.09. The number of benzene rings is 1. The molecule has 1 saturated heterocycles. The zero-order chi connectivity index (χ0) is 14.5. The normalized spacial score (nSPS) is 14.3. The first-order chi connectivity index (χ1) is 9.58. The van der Waals surface area contributed by atoms with Gasteiger partial charge in [-0.05, 0) is 47.2 Å². The summed E-state index contributed by atoms with van der Waals surface area (Å²) >= 11 is 1.99. The van der Waals surface area contributed by atoms with E-state index < -0.39 is 5.82 Å². The summed E-state index contributed by atoms with van der Waals surface area (Å²) in [6.45, 7) is 1.98. The molecule has 1 N–H and O–H groups in total. The van der Waals surface area contributed by atoms with Crippen LogP contribution < -0.4 is 5.32 Å². The Labute approximate surface area is 129 Å². The van der Waals surface area contributed by atoms with Crippen molar-refractivity contribution < 1.29 is 18.7 Å². The van der Waals surface area contributed by atoms with Crippen LogP contribution in [0.5, 0.6) is 0 Å². The number of hydrogen-bond donors (Lipinski definition) is 1. The van der Waals surface area contributed by atoms with E-state index in [1.807, 2.05) is 22.6 Å². The molecule has 0 bridgehead atoms. The SMILES string of the molecule is O=C(NCCCN1CCOC1=O)c1cc(F)ccc1I. The molecule has 20 heavy (non-hydrogen) atoms. The van der Waals surface area contributed by atoms with Crippen molar-refractivity contribution in [2.24, 2.45) is 0 Å². The Morgan fingerprint density at radius 3 is 3.00 bits per heavy atom. The van der Waals surface area contributed by atoms with E-state index in [-0.39, 0.29) is 12.0 Å². The highest BCUT2D eigenvalue weighted by atomic mass is 127. The van der Waals surface area contributed by atoms with Crippen molar-refractivity contribution in [1.82, 2.24) is 10.2 Å². The lowest BCUT2D eigenvalue weighted by Crippen LogP contribution is -2.30. The van der Waals surface area contributed by atoms with Gasteiger partial charge in [-0.1, -0.05) is 0 Å². The maximum atomic E-state index is 13.1. The minimum Gasteiger partial charge on any atom is -0.448 e. The number of nitrogens with one attached hydrogen (secondary N) is 1. The van der Waals surface area contributed by atoms with E-state index in [1.54, 1.807) is 11.0 Å². The van der Waals surface area contributed by atoms with Crippen molar-refractivity contribution in [3.05, 3.63) is 33.1 Å². The molecule has 0 aromatic heterocycles. The zero-order valence-corrected chi connectivity index (χ0v) is 12.9. The van der Waals surface area contributed by atoms with Crippen LogP contribution >= 0.6 is 22.6 Å². The predicted molar refractivity (Wildman–Crippen MR) is 79.0 cm³/mol. The van der Waals surface area contributed by atoms with Crippen LogP contribution in [0.15, 0.2) is 18.2 Å². The quantitative estimate of drug-likeness (QED) is 0.616. The second kappa shape index (κ2) is 6.87. The smallest absolute Gasteiger partial charge is 0.409 e. The van der Waals surface area contributed by atoms with Gasteiger partial charge in [0.1, 0.15) is 12.4 Å². The van der Waals surface area contributed by atoms with E-state index in [4.69, 9.17) is 4.74 Å². The van der Waals surface area contributed by atoms with Crippen LogP contribution in [0.3, 0.4) is 0 Å². The third-order valence-corrected chi connectivity index (χ3v) is 3.85. The number of cyclic esters (lactones) is 1. The van der Waals surface area contributed by atoms with Gasteiger partial charge in [-0.2, -0.15) is 0 Å². The summed E-state index contributed by atoms with van der Waals surface area (Å²) < 4.78 is 18.6. The Bertz CT molecular complexity index is 524. The molecule has 5 nitrogen and oxygen atoms in total. The number of carbonyl (C=O) groups is 2. The Kier molecular flexibility index (Phi) is 5.16. The lowest BCUT2D eigenvalue weighted by atomic mass is 10.2. The van der Waals surface area contributed by atoms with Gasteiger partial charge in [0.25, 0.3) is 5.91 Å². The minimum atomic E-state index is -0.435. The summed E-state index contributed by atoms with van der Waals surface area (Å²) in [5.74, 6) is -0.742. The number of hydrogen-bond acceptors (Lipinski definition) is 3. The van der Waals surface area contributed by atoms with Crippen LogP contribution in [0, 0.1) is 9.39 Å². The van der Waals surface area contributed by atoms with E-state index in [0.717, 1.165) is 0 Å². The van der Waals surface area contributed by atoms with Gasteiger partial charge in [0.05, 0.1) is 12.1 Å². The molecule has 0 saturated carbocycles. The van der Waals surface area contributed by atoms with Crippen LogP contribution in [-0.4, -0.2) is 43.1 Å². The summed E-state index contributed by atoms with van der Waals surface area (Å²) in [4.78, 5) is 24.7. The number of nitrogens with zero attached hydrogens (tertiary/aromatic N) is 1. The van der Waals surface area contributed by atoms with E-state index in [2.05, 4.69) is 5.32 Å². The van der Waals surface area contributed by atoms with Gasteiger partial charge in [-0.3, -0.25) is 4.79 Å². The van der Waals surface area contributed by atoms with Gasteiger partial charge in [-0.25, -0.2) is 9.18 Å². The van der Waals surface area contributed by atoms with Crippen LogP contribution in [0.1, 0.15) is 16.8 Å². The van der Waals surface area contributed by atoms with Crippen LogP contribution in [-0.2, 0) is 4.74 Å². The van der Waals surface area contributed by atoms with Crippen molar-refractivity contribution in [3.8, 4) is 0 Å². The van der Waals surface area contributed by atoms with E-state index >= 15 is 0 Å². The van der Waals surface area contributed by atoms with Crippen molar-refractivity contribution in [1.29, 1.82) is 0 Å². The fourth-order valence-corrected chi connectivity index (χ4v) is 2.45. The lowest BCUT2D eigenvalue weighted by molar-refractivity contribution is 0.0951. The van der Waals surface area contributed by atoms with E-state index in [1.165, 1.54) is 12.1 Å². The monoisotopic (exact) mass is 392 g/mol. The largest absolute Gasteiger partial charge is 0.448 e. The Hall–Kier alpha value is -1.38. The van der Waals surface area contributed by atoms with Gasteiger partial charge in [0, 0.05) is 16.7 Å². The van der Waals surface area contributed by atoms with Crippen molar-refractivity contribution in [2.45, 2.75) is 6.42 Å². The molecule has 1 aromatic carbocycles. The van der Waals surface area contributed by atoms with Crippen LogP contribution in [0.25, 0.3) is 0 Å². The standard InChI is InChI=1S/C13H14FIN2O3/c14-9-2-3-11(15)10(8-9)12(18)16-4-1-5-17-6-7-20-13(17)19/h2-3,8H,1,4-7H2,(H,16,18). The molecule has 1 aliphatic rings. The van der Waals surface area contributed by atoms with Crippen LogP contribution in [0.4, 0.5) is 9.18 Å². The number of halogens is 2. The molecule has 0 aliphatic carbocycles. The first kappa shape index (κ1) is 15.0. The van der Waals surface area contributed by atoms with E-state index in [0.29, 0.717) is 41.8 Å². The topological polar surface area (TPSA) is 58.6 Å². The molecule has 2 amide bonds. The third kappa shape index (κ3) is 3.81. The van der Waals surface area contributed by atoms with Crippen molar-refractivity contribution >= 4 is 34.6 Å². The van der Waals surface area contributed by atoms with Gasteiger partial charge < -0.3 is 15.0 Å². The molecule has 2 rings (SSSR count). The Morgan fingerprint density at radius 2 is 2.30 bits per heavy atom. The maximum Gasteiger partial charge on any atom is 0.409 e. The first-order valence-electron chi connectivity index (χ1n) is 6.23. The van der Waals surface area contributed by atoms with E-state index in [9.17, 15) is 14.0 Å². The summed E-state index contributed by atoms with van der Waals surface area (Å²) in [5, 5.41) is 2.72. The zero-order valence-electron chi connectivity index (χ0n) is 10.7. The van der Waals surface area contributed by atoms with Gasteiger partial charge >= 0.3 is 6.09 Å². The molecule has 108 valence electrons. The minimum absolute atomic E-state index is 0.308. The molecule has 7 heteroatoms. The second-order valence-corrected chi connectivity index (χ2v) is 5.50. The van der Waals surface area contributed by atoms with Crippen molar-refractivity contribution in [2.75, 3.05) is 26.2 Å². The fourth-order valence-electron chi connectivity index (χ4n) is 1.87. The lowest BCUT2D eigenvalue weighted by Gasteiger charge is -2.12. The molecular weight excluding hydrogens is 378 g/mol. The molecule has 0 unspecified atom stereocenters. The third-order valence-electron chi connectivity index (χ3n) is 2.91. The summed E-state index contributed by atoms with van der Waals surface area (Å²) in [5.41, 5.74) is 0.325. The molecule has 0 atom stereocenters. The number of carbonyl (C=O) groups excluding carboxylic acids is 2. The second-order valence-electron chi connectivity index (χ2n) is 4.34. The number of ether oxygens (including phenoxy) is 1. The summed E-state index contributed by atoms with van der Waals surface area (Å²) in [6.07, 6.45) is 0.322. The number of rotatable bonds is 5. The van der Waals surface area contributed by atoms with Crippen LogP contribution in [0.2, 0.25) is 0 Å². The number of amides is 2. The highest BCUT2D eigenvalue weighted by Crippen LogP contribution is 2.13. The highest BCUT2D eigenvalue weighted by Gasteiger charge is 2.20. The van der Waals surface area contributed by atoms with Gasteiger partial charge in [-0.15, -0.1) is 0 Å². The van der Waals surface area contributed by atoms with Gasteiger partial charge in [0.2, 0.25) is 0 Å². The fraction of sp³-hybridized carbons (Fsp3) is 0.385. The molecule has 0 radical (unpaired) electrons. The van der Waals surface area contributed by atoms with Crippen molar-refractivity contribution in [3.63, 3.8) is 0 Å². The molecule has 1 fully saturated rings. The molecule has 1 aromatic rings. The predicted octanol–water partition coefficient (Wildman–Crippen LogP) is 2.00. The Morgan fingerprint density at radius 1 is 1.50 bits per heavy atom. The summed E-state index contributed by atoms with van der Waals surface area (Å²) in [7, 11) is 0. The molecular formula is C13H14FIN2O3. The Balaban J connectivity index is 1.77. The highest BCUT2D eigenvalue weighted by molar-refractivity contribution is 14.1. The average molecular weight is 392 g/mol. The molecule has 0 spiro atoms. The molecule has 1 heterocycles.